The van der Waals surface area contributed by atoms with Crippen LogP contribution >= 0.6 is 0 Å². The van der Waals surface area contributed by atoms with Gasteiger partial charge in [0.2, 0.25) is 5.91 Å². The molecule has 110 valence electrons. The first-order valence-electron chi connectivity index (χ1n) is 6.70. The Labute approximate surface area is 119 Å². The Balaban J connectivity index is 2.18. The molecule has 0 aliphatic carbocycles. The van der Waals surface area contributed by atoms with E-state index in [1.54, 1.807) is 12.1 Å². The molecule has 1 heterocycles. The number of amides is 1. The van der Waals surface area contributed by atoms with Crippen molar-refractivity contribution in [3.05, 3.63) is 23.8 Å². The Bertz CT molecular complexity index is 605. The highest BCUT2D eigenvalue weighted by molar-refractivity contribution is 7.90. The van der Waals surface area contributed by atoms with Crippen molar-refractivity contribution in [1.82, 2.24) is 5.32 Å². The average Bonchev–Trinajstić information content (AvgIpc) is 2.41. The van der Waals surface area contributed by atoms with Crippen LogP contribution in [0.25, 0.3) is 0 Å². The lowest BCUT2D eigenvalue weighted by Crippen LogP contribution is -2.37. The topological polar surface area (TPSA) is 75.3 Å². The predicted octanol–water partition coefficient (Wildman–Crippen LogP) is 1.34. The first-order valence-corrected chi connectivity index (χ1v) is 8.59. The highest BCUT2D eigenvalue weighted by Crippen LogP contribution is 2.21. The molecular formula is C14H20N2O3S. The van der Waals surface area contributed by atoms with Crippen LogP contribution in [-0.4, -0.2) is 33.7 Å². The number of hydrogen-bond acceptors (Lipinski definition) is 4. The molecule has 0 unspecified atom stereocenters. The van der Waals surface area contributed by atoms with E-state index in [1.807, 2.05) is 6.92 Å². The summed E-state index contributed by atoms with van der Waals surface area (Å²) in [7, 11) is -3.27. The molecule has 0 aromatic heterocycles. The molecule has 1 fully saturated rings. The van der Waals surface area contributed by atoms with Crippen LogP contribution in [0, 0.1) is 12.8 Å². The zero-order valence-corrected chi connectivity index (χ0v) is 12.6. The van der Waals surface area contributed by atoms with E-state index in [2.05, 4.69) is 10.6 Å². The molecule has 0 radical (unpaired) electrons. The van der Waals surface area contributed by atoms with Gasteiger partial charge in [0.15, 0.2) is 9.84 Å². The van der Waals surface area contributed by atoms with Crippen molar-refractivity contribution >= 4 is 21.4 Å². The second-order valence-electron chi connectivity index (χ2n) is 5.28. The van der Waals surface area contributed by atoms with E-state index in [4.69, 9.17) is 0 Å². The van der Waals surface area contributed by atoms with Gasteiger partial charge in [-0.25, -0.2) is 8.42 Å². The van der Waals surface area contributed by atoms with Gasteiger partial charge in [-0.05, 0) is 44.0 Å². The van der Waals surface area contributed by atoms with Crippen LogP contribution in [0.15, 0.2) is 23.1 Å². The van der Waals surface area contributed by atoms with Gasteiger partial charge < -0.3 is 10.6 Å². The molecule has 0 bridgehead atoms. The number of benzene rings is 1. The number of anilines is 1. The van der Waals surface area contributed by atoms with E-state index in [-0.39, 0.29) is 16.7 Å². The summed E-state index contributed by atoms with van der Waals surface area (Å²) >= 11 is 0. The molecule has 1 amide bonds. The van der Waals surface area contributed by atoms with Crippen molar-refractivity contribution < 1.29 is 13.2 Å². The summed E-state index contributed by atoms with van der Waals surface area (Å²) in [4.78, 5) is 12.4. The zero-order valence-electron chi connectivity index (χ0n) is 11.8. The normalized spacial score (nSPS) is 19.6. The first-order chi connectivity index (χ1) is 9.38. The third-order valence-electron chi connectivity index (χ3n) is 3.56. The molecule has 1 aliphatic rings. The summed E-state index contributed by atoms with van der Waals surface area (Å²) in [6, 6.07) is 4.80. The minimum atomic E-state index is -3.27. The Morgan fingerprint density at radius 1 is 1.40 bits per heavy atom. The number of carbonyl (C=O) groups is 1. The number of aryl methyl sites for hydroxylation is 1. The number of piperidine rings is 1. The molecule has 1 aromatic rings. The molecule has 2 N–H and O–H groups in total. The van der Waals surface area contributed by atoms with Crippen LogP contribution in [0.4, 0.5) is 5.69 Å². The van der Waals surface area contributed by atoms with Crippen LogP contribution in [0.3, 0.4) is 0 Å². The van der Waals surface area contributed by atoms with Crippen LogP contribution in [-0.2, 0) is 14.6 Å². The molecule has 1 aromatic carbocycles. The van der Waals surface area contributed by atoms with Gasteiger partial charge in [0, 0.05) is 18.5 Å². The minimum absolute atomic E-state index is 0.0500. The molecule has 20 heavy (non-hydrogen) atoms. The number of nitrogens with one attached hydrogen (secondary N) is 2. The highest BCUT2D eigenvalue weighted by Gasteiger charge is 2.21. The molecular weight excluding hydrogens is 276 g/mol. The summed E-state index contributed by atoms with van der Waals surface area (Å²) in [6.45, 7) is 3.48. The van der Waals surface area contributed by atoms with E-state index in [0.717, 1.165) is 31.2 Å². The summed E-state index contributed by atoms with van der Waals surface area (Å²) in [5.41, 5.74) is 1.43. The third-order valence-corrected chi connectivity index (χ3v) is 4.67. The molecule has 1 aliphatic heterocycles. The van der Waals surface area contributed by atoms with Crippen molar-refractivity contribution in [3.8, 4) is 0 Å². The summed E-state index contributed by atoms with van der Waals surface area (Å²) in [5.74, 6) is -0.101. The maximum atomic E-state index is 12.2. The lowest BCUT2D eigenvalue weighted by atomic mass is 9.98. The monoisotopic (exact) mass is 296 g/mol. The van der Waals surface area contributed by atoms with Gasteiger partial charge in [0.25, 0.3) is 0 Å². The average molecular weight is 296 g/mol. The minimum Gasteiger partial charge on any atom is -0.326 e. The van der Waals surface area contributed by atoms with Gasteiger partial charge in [-0.3, -0.25) is 4.79 Å². The molecule has 1 saturated heterocycles. The van der Waals surface area contributed by atoms with Gasteiger partial charge in [-0.2, -0.15) is 0 Å². The number of carbonyl (C=O) groups excluding carboxylic acids is 1. The Kier molecular flexibility index (Phi) is 4.45. The van der Waals surface area contributed by atoms with Crippen molar-refractivity contribution in [1.29, 1.82) is 0 Å². The van der Waals surface area contributed by atoms with E-state index in [1.165, 1.54) is 6.07 Å². The maximum Gasteiger partial charge on any atom is 0.228 e. The maximum absolute atomic E-state index is 12.2. The zero-order chi connectivity index (χ0) is 14.8. The highest BCUT2D eigenvalue weighted by atomic mass is 32.2. The number of hydrogen-bond donors (Lipinski definition) is 2. The fraction of sp³-hybridized carbons (Fsp3) is 0.500. The molecule has 0 spiro atoms. The number of sulfone groups is 1. The quantitative estimate of drug-likeness (QED) is 0.882. The van der Waals surface area contributed by atoms with Crippen LogP contribution in [0.5, 0.6) is 0 Å². The Hall–Kier alpha value is -1.40. The van der Waals surface area contributed by atoms with Crippen LogP contribution in [0.1, 0.15) is 18.4 Å². The van der Waals surface area contributed by atoms with Gasteiger partial charge >= 0.3 is 0 Å². The fourth-order valence-corrected chi connectivity index (χ4v) is 2.92. The summed E-state index contributed by atoms with van der Waals surface area (Å²) in [6.07, 6.45) is 3.01. The van der Waals surface area contributed by atoms with Crippen LogP contribution < -0.4 is 10.6 Å². The molecule has 5 nitrogen and oxygen atoms in total. The van der Waals surface area contributed by atoms with E-state index >= 15 is 0 Å². The van der Waals surface area contributed by atoms with Gasteiger partial charge in [0.1, 0.15) is 0 Å². The second kappa shape index (κ2) is 5.93. The lowest BCUT2D eigenvalue weighted by molar-refractivity contribution is -0.120. The largest absolute Gasteiger partial charge is 0.326 e. The third kappa shape index (κ3) is 3.58. The van der Waals surface area contributed by atoms with Crippen molar-refractivity contribution in [2.75, 3.05) is 24.7 Å². The van der Waals surface area contributed by atoms with E-state index < -0.39 is 9.84 Å². The second-order valence-corrected chi connectivity index (χ2v) is 7.30. The van der Waals surface area contributed by atoms with Crippen molar-refractivity contribution in [3.63, 3.8) is 0 Å². The Morgan fingerprint density at radius 2 is 2.15 bits per heavy atom. The van der Waals surface area contributed by atoms with Crippen molar-refractivity contribution in [2.24, 2.45) is 5.92 Å². The van der Waals surface area contributed by atoms with Gasteiger partial charge in [-0.15, -0.1) is 0 Å². The lowest BCUT2D eigenvalue weighted by Gasteiger charge is -2.22. The SMILES string of the molecule is Cc1ccc(S(C)(=O)=O)cc1NC(=O)[C@H]1CCCNC1. The fourth-order valence-electron chi connectivity index (χ4n) is 2.28. The van der Waals surface area contributed by atoms with Gasteiger partial charge in [0.05, 0.1) is 10.8 Å². The molecule has 6 heteroatoms. The van der Waals surface area contributed by atoms with Crippen molar-refractivity contribution in [2.45, 2.75) is 24.7 Å². The first kappa shape index (κ1) is 15.0. The smallest absolute Gasteiger partial charge is 0.228 e. The van der Waals surface area contributed by atoms with Gasteiger partial charge in [-0.1, -0.05) is 6.07 Å². The number of rotatable bonds is 3. The summed E-state index contributed by atoms with van der Waals surface area (Å²) in [5, 5.41) is 6.04. The molecule has 2 rings (SSSR count). The standard InChI is InChI=1S/C14H20N2O3S/c1-10-5-6-12(20(2,18)19)8-13(10)16-14(17)11-4-3-7-15-9-11/h5-6,8,11,15H,3-4,7,9H2,1-2H3,(H,16,17)/t11-/m0/s1. The van der Waals surface area contributed by atoms with E-state index in [9.17, 15) is 13.2 Å². The summed E-state index contributed by atoms with van der Waals surface area (Å²) < 4.78 is 23.1. The Morgan fingerprint density at radius 3 is 2.75 bits per heavy atom. The predicted molar refractivity (Wildman–Crippen MR) is 78.5 cm³/mol. The van der Waals surface area contributed by atoms with Crippen LogP contribution in [0.2, 0.25) is 0 Å². The molecule has 1 atom stereocenters. The van der Waals surface area contributed by atoms with E-state index in [0.29, 0.717) is 12.2 Å². The molecule has 0 saturated carbocycles.